The summed E-state index contributed by atoms with van der Waals surface area (Å²) in [6, 6.07) is 7.80. The highest BCUT2D eigenvalue weighted by atomic mass is 79.9. The number of nitrogens with one attached hydrogen (secondary N) is 2. The molecule has 0 saturated carbocycles. The molecule has 4 rings (SSSR count). The van der Waals surface area contributed by atoms with Gasteiger partial charge in [0.25, 0.3) is 5.95 Å². The molecule has 34 heavy (non-hydrogen) atoms. The molecule has 2 heterocycles. The second-order valence-electron chi connectivity index (χ2n) is 7.30. The molecule has 0 saturated heterocycles. The van der Waals surface area contributed by atoms with Crippen LogP contribution in [0.15, 0.2) is 32.9 Å². The molecule has 2 aromatic heterocycles. The van der Waals surface area contributed by atoms with Crippen LogP contribution in [0, 0.1) is 11.3 Å². The number of rotatable bonds is 8. The van der Waals surface area contributed by atoms with Gasteiger partial charge in [0.05, 0.1) is 24.6 Å². The highest BCUT2D eigenvalue weighted by Gasteiger charge is 2.22. The average molecular weight is 561 g/mol. The molecule has 1 aromatic carbocycles. The number of hydrazone groups is 1. The van der Waals surface area contributed by atoms with Gasteiger partial charge in [-0.25, -0.2) is 10.1 Å². The standard InChI is InChI=1S/C21H21BrN8O2S2/c1-32-16-7-6-13(22)8-12(16)10-25-27-20-28-29-21(30(20)24)33-11-18(31)26-19-15(9-23)14-4-2-3-5-17(14)34-19/h6-8,10H,2-5,11,24H2,1H3,(H,26,31)(H,27,28)/b25-10+. The number of thiophene rings is 1. The molecule has 1 aliphatic rings. The van der Waals surface area contributed by atoms with Crippen molar-refractivity contribution < 1.29 is 9.53 Å². The van der Waals surface area contributed by atoms with E-state index in [2.05, 4.69) is 48.0 Å². The third-order valence-electron chi connectivity index (χ3n) is 5.09. The Morgan fingerprint density at radius 3 is 3.06 bits per heavy atom. The number of ether oxygens (including phenoxy) is 1. The maximum atomic E-state index is 12.5. The largest absolute Gasteiger partial charge is 0.496 e. The highest BCUT2D eigenvalue weighted by Crippen LogP contribution is 2.37. The third kappa shape index (κ3) is 5.35. The van der Waals surface area contributed by atoms with Crippen molar-refractivity contribution in [2.45, 2.75) is 30.8 Å². The van der Waals surface area contributed by atoms with Crippen molar-refractivity contribution in [3.8, 4) is 11.8 Å². The van der Waals surface area contributed by atoms with Crippen LogP contribution in [-0.2, 0) is 17.6 Å². The summed E-state index contributed by atoms with van der Waals surface area (Å²) in [7, 11) is 1.58. The summed E-state index contributed by atoms with van der Waals surface area (Å²) in [6.07, 6.45) is 5.62. The number of hydrogen-bond acceptors (Lipinski definition) is 10. The molecule has 0 radical (unpaired) electrons. The van der Waals surface area contributed by atoms with E-state index >= 15 is 0 Å². The zero-order valence-electron chi connectivity index (χ0n) is 18.2. The van der Waals surface area contributed by atoms with Crippen LogP contribution >= 0.6 is 39.0 Å². The number of nitriles is 1. The molecule has 0 spiro atoms. The number of anilines is 2. The molecule has 3 aromatic rings. The minimum Gasteiger partial charge on any atom is -0.496 e. The minimum absolute atomic E-state index is 0.0707. The third-order valence-corrected chi connectivity index (χ3v) is 7.74. The Balaban J connectivity index is 1.35. The number of nitrogen functional groups attached to an aromatic ring is 1. The first-order chi connectivity index (χ1) is 16.5. The maximum absolute atomic E-state index is 12.5. The van der Waals surface area contributed by atoms with Crippen LogP contribution in [0.3, 0.4) is 0 Å². The zero-order chi connectivity index (χ0) is 24.1. The van der Waals surface area contributed by atoms with Crippen LogP contribution in [0.25, 0.3) is 0 Å². The predicted molar refractivity (Wildman–Crippen MR) is 137 cm³/mol. The van der Waals surface area contributed by atoms with Crippen molar-refractivity contribution in [1.82, 2.24) is 14.9 Å². The molecule has 0 atom stereocenters. The molecule has 4 N–H and O–H groups in total. The number of halogens is 1. The van der Waals surface area contributed by atoms with E-state index in [1.165, 1.54) is 20.9 Å². The Morgan fingerprint density at radius 2 is 2.26 bits per heavy atom. The first kappa shape index (κ1) is 24.1. The maximum Gasteiger partial charge on any atom is 0.264 e. The van der Waals surface area contributed by atoms with E-state index in [4.69, 9.17) is 10.6 Å². The van der Waals surface area contributed by atoms with Gasteiger partial charge in [-0.1, -0.05) is 27.7 Å². The SMILES string of the molecule is COc1ccc(Br)cc1/C=N/Nc1nnc(SCC(=O)Nc2sc3c(c2C#N)CCCC3)n1N. The van der Waals surface area contributed by atoms with Crippen molar-refractivity contribution in [3.05, 3.63) is 44.2 Å². The normalized spacial score (nSPS) is 12.9. The highest BCUT2D eigenvalue weighted by molar-refractivity contribution is 9.10. The molecule has 0 unspecified atom stereocenters. The van der Waals surface area contributed by atoms with Gasteiger partial charge in [0.1, 0.15) is 16.8 Å². The molecule has 13 heteroatoms. The van der Waals surface area contributed by atoms with Crippen LogP contribution in [0.1, 0.15) is 34.4 Å². The lowest BCUT2D eigenvalue weighted by Crippen LogP contribution is -2.17. The molecule has 0 bridgehead atoms. The van der Waals surface area contributed by atoms with E-state index in [1.54, 1.807) is 13.3 Å². The Labute approximate surface area is 212 Å². The van der Waals surface area contributed by atoms with E-state index in [9.17, 15) is 10.1 Å². The number of aryl methyl sites for hydroxylation is 1. The smallest absolute Gasteiger partial charge is 0.264 e. The second kappa shape index (κ2) is 10.9. The van der Waals surface area contributed by atoms with Gasteiger partial charge in [-0.05, 0) is 49.4 Å². The lowest BCUT2D eigenvalue weighted by molar-refractivity contribution is -0.113. The Hall–Kier alpha value is -3.08. The number of thioether (sulfide) groups is 1. The summed E-state index contributed by atoms with van der Waals surface area (Å²) in [4.78, 5) is 13.7. The lowest BCUT2D eigenvalue weighted by atomic mass is 9.96. The van der Waals surface area contributed by atoms with Gasteiger partial charge in [-0.2, -0.15) is 10.4 Å². The van der Waals surface area contributed by atoms with Crippen LogP contribution in [0.2, 0.25) is 0 Å². The van der Waals surface area contributed by atoms with E-state index in [-0.39, 0.29) is 17.6 Å². The number of carbonyl (C=O) groups excluding carboxylic acids is 1. The van der Waals surface area contributed by atoms with Crippen molar-refractivity contribution in [3.63, 3.8) is 0 Å². The summed E-state index contributed by atoms with van der Waals surface area (Å²) in [5, 5.41) is 25.5. The Bertz CT molecular complexity index is 1280. The predicted octanol–water partition coefficient (Wildman–Crippen LogP) is 3.75. The first-order valence-electron chi connectivity index (χ1n) is 10.3. The average Bonchev–Trinajstić information content (AvgIpc) is 3.37. The molecular formula is C21H21BrN8O2S2. The Morgan fingerprint density at radius 1 is 1.44 bits per heavy atom. The van der Waals surface area contributed by atoms with Crippen LogP contribution in [-0.4, -0.2) is 39.9 Å². The number of nitrogens with zero attached hydrogens (tertiary/aromatic N) is 5. The van der Waals surface area contributed by atoms with Gasteiger partial charge < -0.3 is 15.9 Å². The molecule has 1 amide bonds. The van der Waals surface area contributed by atoms with E-state index in [0.717, 1.165) is 53.0 Å². The van der Waals surface area contributed by atoms with Crippen LogP contribution in [0.5, 0.6) is 5.75 Å². The van der Waals surface area contributed by atoms with Gasteiger partial charge in [0.2, 0.25) is 11.1 Å². The zero-order valence-corrected chi connectivity index (χ0v) is 21.4. The number of carbonyl (C=O) groups is 1. The van der Waals surface area contributed by atoms with E-state index in [1.807, 2.05) is 18.2 Å². The summed E-state index contributed by atoms with van der Waals surface area (Å²) in [5.74, 6) is 6.75. The van der Waals surface area contributed by atoms with Crippen molar-refractivity contribution in [1.29, 1.82) is 5.26 Å². The summed E-state index contributed by atoms with van der Waals surface area (Å²) in [6.45, 7) is 0. The van der Waals surface area contributed by atoms with Gasteiger partial charge in [0.15, 0.2) is 0 Å². The van der Waals surface area contributed by atoms with Crippen molar-refractivity contribution >= 4 is 62.1 Å². The number of fused-ring (bicyclic) bond motifs is 1. The van der Waals surface area contributed by atoms with Crippen LogP contribution in [0.4, 0.5) is 10.9 Å². The van der Waals surface area contributed by atoms with E-state index in [0.29, 0.717) is 21.5 Å². The number of benzene rings is 1. The minimum atomic E-state index is -0.239. The topological polar surface area (TPSA) is 143 Å². The van der Waals surface area contributed by atoms with Gasteiger partial charge >= 0.3 is 0 Å². The lowest BCUT2D eigenvalue weighted by Gasteiger charge is -2.09. The fourth-order valence-corrected chi connectivity index (χ4v) is 5.77. The molecule has 176 valence electrons. The fraction of sp³-hybridized carbons (Fsp3) is 0.286. The first-order valence-corrected chi connectivity index (χ1v) is 12.9. The summed E-state index contributed by atoms with van der Waals surface area (Å²) in [5.41, 5.74) is 5.17. The summed E-state index contributed by atoms with van der Waals surface area (Å²) >= 11 is 6.05. The number of aromatic nitrogens is 3. The molecule has 0 fully saturated rings. The number of methoxy groups -OCH3 is 1. The number of nitrogens with two attached hydrogens (primary N) is 1. The second-order valence-corrected chi connectivity index (χ2v) is 10.3. The van der Waals surface area contributed by atoms with Crippen LogP contribution < -0.4 is 21.3 Å². The molecule has 10 nitrogen and oxygen atoms in total. The quantitative estimate of drug-likeness (QED) is 0.163. The number of amides is 1. The van der Waals surface area contributed by atoms with E-state index < -0.39 is 0 Å². The molecular weight excluding hydrogens is 540 g/mol. The van der Waals surface area contributed by atoms with Gasteiger partial charge in [-0.15, -0.1) is 21.5 Å². The van der Waals surface area contributed by atoms with Gasteiger partial charge in [0, 0.05) is 14.9 Å². The Kier molecular flexibility index (Phi) is 7.71. The van der Waals surface area contributed by atoms with Gasteiger partial charge in [-0.3, -0.25) is 4.79 Å². The molecule has 1 aliphatic carbocycles. The monoisotopic (exact) mass is 560 g/mol. The van der Waals surface area contributed by atoms with Crippen molar-refractivity contribution in [2.24, 2.45) is 5.10 Å². The summed E-state index contributed by atoms with van der Waals surface area (Å²) < 4.78 is 7.42. The van der Waals surface area contributed by atoms with Crippen molar-refractivity contribution in [2.75, 3.05) is 29.4 Å². The fourth-order valence-electron chi connectivity index (χ4n) is 3.48. The number of hydrogen-bond donors (Lipinski definition) is 3. The molecule has 0 aliphatic heterocycles.